The van der Waals surface area contributed by atoms with Crippen molar-refractivity contribution >= 4 is 5.91 Å². The zero-order valence-corrected chi connectivity index (χ0v) is 36.2. The molecule has 0 saturated carbocycles. The molecule has 0 saturated heterocycles. The lowest BCUT2D eigenvalue weighted by molar-refractivity contribution is -0.132. The van der Waals surface area contributed by atoms with Gasteiger partial charge >= 0.3 is 0 Å². The van der Waals surface area contributed by atoms with E-state index in [4.69, 9.17) is 0 Å². The molecule has 0 aromatic carbocycles. The van der Waals surface area contributed by atoms with Crippen LogP contribution in [0, 0.1) is 0 Å². The second-order valence-electron chi connectivity index (χ2n) is 16.1. The van der Waals surface area contributed by atoms with Gasteiger partial charge in [0, 0.05) is 0 Å². The van der Waals surface area contributed by atoms with Gasteiger partial charge in [0.25, 0.3) is 0 Å². The van der Waals surface area contributed by atoms with Crippen molar-refractivity contribution in [3.05, 3.63) is 48.6 Å². The maximum atomic E-state index is 12.5. The van der Waals surface area contributed by atoms with Crippen molar-refractivity contribution in [1.29, 1.82) is 0 Å². The highest BCUT2D eigenvalue weighted by atomic mass is 16.3. The Balaban J connectivity index is 3.82. The molecule has 1 amide bonds. The lowest BCUT2D eigenvalue weighted by Crippen LogP contribution is -2.53. The van der Waals surface area contributed by atoms with Gasteiger partial charge in [0.15, 0.2) is 0 Å². The van der Waals surface area contributed by atoms with E-state index in [0.717, 1.165) is 64.2 Å². The van der Waals surface area contributed by atoms with Crippen LogP contribution in [-0.2, 0) is 4.79 Å². The summed E-state index contributed by atoms with van der Waals surface area (Å²) in [7, 11) is 0. The largest absolute Gasteiger partial charge is 0.394 e. The molecule has 0 aromatic rings. The third-order valence-corrected chi connectivity index (χ3v) is 10.7. The fourth-order valence-corrected chi connectivity index (χ4v) is 6.96. The highest BCUT2D eigenvalue weighted by Crippen LogP contribution is 2.14. The van der Waals surface area contributed by atoms with Crippen LogP contribution in [0.1, 0.15) is 226 Å². The molecule has 5 N–H and O–H groups in total. The first kappa shape index (κ1) is 53.3. The zero-order chi connectivity index (χ0) is 40.3. The van der Waals surface area contributed by atoms with Crippen molar-refractivity contribution in [3.63, 3.8) is 0 Å². The van der Waals surface area contributed by atoms with Crippen LogP contribution in [0.4, 0.5) is 0 Å². The topological polar surface area (TPSA) is 110 Å². The Morgan fingerprint density at radius 2 is 0.764 bits per heavy atom. The molecule has 6 heteroatoms. The highest BCUT2D eigenvalue weighted by molar-refractivity contribution is 5.80. The fourth-order valence-electron chi connectivity index (χ4n) is 6.96. The van der Waals surface area contributed by atoms with Gasteiger partial charge < -0.3 is 25.7 Å². The molecule has 0 heterocycles. The molecule has 0 bridgehead atoms. The molecule has 0 radical (unpaired) electrons. The molecule has 0 aromatic heterocycles. The zero-order valence-electron chi connectivity index (χ0n) is 36.2. The Morgan fingerprint density at radius 3 is 1.15 bits per heavy atom. The summed E-state index contributed by atoms with van der Waals surface area (Å²) in [6, 6.07) is -1.01. The van der Waals surface area contributed by atoms with Gasteiger partial charge in [0.2, 0.25) is 5.91 Å². The predicted molar refractivity (Wildman–Crippen MR) is 237 cm³/mol. The van der Waals surface area contributed by atoms with E-state index in [1.165, 1.54) is 128 Å². The molecule has 0 fully saturated rings. The number of nitrogens with one attached hydrogen (secondary N) is 1. The van der Waals surface area contributed by atoms with E-state index in [9.17, 15) is 25.2 Å². The van der Waals surface area contributed by atoms with E-state index in [-0.39, 0.29) is 0 Å². The SMILES string of the molecule is CCCCCCCCC/C=C/CC/C=C/CC/C=C/CCCC(O)C(O)C(CO)NC(=O)C(O)CCCCCCCC/C=C\CCCCCCCCCCC. The molecule has 0 aliphatic carbocycles. The van der Waals surface area contributed by atoms with E-state index in [1.807, 2.05) is 0 Å². The van der Waals surface area contributed by atoms with E-state index in [2.05, 4.69) is 67.8 Å². The normalized spacial score (nSPS) is 14.5. The van der Waals surface area contributed by atoms with Crippen molar-refractivity contribution in [3.8, 4) is 0 Å². The minimum Gasteiger partial charge on any atom is -0.394 e. The van der Waals surface area contributed by atoms with E-state index >= 15 is 0 Å². The molecule has 0 spiro atoms. The van der Waals surface area contributed by atoms with Gasteiger partial charge in [-0.2, -0.15) is 0 Å². The average Bonchev–Trinajstić information content (AvgIpc) is 3.19. The predicted octanol–water partition coefficient (Wildman–Crippen LogP) is 12.7. The molecule has 55 heavy (non-hydrogen) atoms. The van der Waals surface area contributed by atoms with Gasteiger partial charge in [-0.25, -0.2) is 0 Å². The maximum Gasteiger partial charge on any atom is 0.249 e. The number of aliphatic hydroxyl groups is 4. The van der Waals surface area contributed by atoms with Gasteiger partial charge in [-0.05, 0) is 89.9 Å². The quantitative estimate of drug-likeness (QED) is 0.0313. The summed E-state index contributed by atoms with van der Waals surface area (Å²) in [5.41, 5.74) is 0. The standard InChI is InChI=1S/C49H91NO5/c1-3-5-7-9-11-13-15-17-19-21-23-25-26-28-30-32-34-36-38-40-42-46(52)48(54)45(44-51)50-49(55)47(53)43-41-39-37-35-33-31-29-27-24-22-20-18-16-14-12-10-8-6-4-2/h19,21,24,26-28,34,36,45-48,51-54H,3-18,20,22-23,25,29-33,35,37-44H2,1-2H3,(H,50,55)/b21-19+,27-24-,28-26+,36-34+. The molecular formula is C49H91NO5. The second-order valence-corrected chi connectivity index (χ2v) is 16.1. The first-order valence-corrected chi connectivity index (χ1v) is 23.5. The van der Waals surface area contributed by atoms with Crippen LogP contribution in [0.25, 0.3) is 0 Å². The summed E-state index contributed by atoms with van der Waals surface area (Å²) in [6.45, 7) is 4.03. The molecule has 322 valence electrons. The Hall–Kier alpha value is -1.73. The molecule has 4 unspecified atom stereocenters. The summed E-state index contributed by atoms with van der Waals surface area (Å²) < 4.78 is 0. The molecule has 0 aliphatic rings. The number of hydrogen-bond acceptors (Lipinski definition) is 5. The Morgan fingerprint density at radius 1 is 0.436 bits per heavy atom. The van der Waals surface area contributed by atoms with Gasteiger partial charge in [-0.3, -0.25) is 4.79 Å². The minimum atomic E-state index is -1.30. The fraction of sp³-hybridized carbons (Fsp3) is 0.816. The molecule has 0 rings (SSSR count). The number of amides is 1. The average molecular weight is 774 g/mol. The van der Waals surface area contributed by atoms with Gasteiger partial charge in [0.05, 0.1) is 18.8 Å². The summed E-state index contributed by atoms with van der Waals surface area (Å²) in [5, 5.41) is 43.7. The number of carbonyl (C=O) groups excluding carboxylic acids is 1. The van der Waals surface area contributed by atoms with Crippen molar-refractivity contribution in [2.24, 2.45) is 0 Å². The van der Waals surface area contributed by atoms with Crippen LogP contribution < -0.4 is 5.32 Å². The van der Waals surface area contributed by atoms with E-state index in [0.29, 0.717) is 19.3 Å². The van der Waals surface area contributed by atoms with Crippen LogP contribution >= 0.6 is 0 Å². The number of hydrogen-bond donors (Lipinski definition) is 5. The van der Waals surface area contributed by atoms with Crippen molar-refractivity contribution in [2.75, 3.05) is 6.61 Å². The van der Waals surface area contributed by atoms with E-state index < -0.39 is 36.9 Å². The molecule has 6 nitrogen and oxygen atoms in total. The van der Waals surface area contributed by atoms with Crippen LogP contribution in [-0.4, -0.2) is 57.3 Å². The van der Waals surface area contributed by atoms with E-state index in [1.54, 1.807) is 0 Å². The lowest BCUT2D eigenvalue weighted by atomic mass is 10.00. The highest BCUT2D eigenvalue weighted by Gasteiger charge is 2.28. The first-order chi connectivity index (χ1) is 27.0. The molecular weight excluding hydrogens is 683 g/mol. The number of rotatable bonds is 42. The second kappa shape index (κ2) is 43.4. The molecule has 4 atom stereocenters. The van der Waals surface area contributed by atoms with Crippen LogP contribution in [0.3, 0.4) is 0 Å². The smallest absolute Gasteiger partial charge is 0.249 e. The van der Waals surface area contributed by atoms with Gasteiger partial charge in [-0.1, -0.05) is 184 Å². The summed E-state index contributed by atoms with van der Waals surface area (Å²) >= 11 is 0. The van der Waals surface area contributed by atoms with Crippen molar-refractivity contribution in [1.82, 2.24) is 5.32 Å². The Bertz CT molecular complexity index is 915. The van der Waals surface area contributed by atoms with Gasteiger partial charge in [0.1, 0.15) is 12.2 Å². The molecule has 0 aliphatic heterocycles. The minimum absolute atomic E-state index is 0.350. The van der Waals surface area contributed by atoms with Crippen molar-refractivity contribution < 1.29 is 25.2 Å². The number of aliphatic hydroxyl groups excluding tert-OH is 4. The third-order valence-electron chi connectivity index (χ3n) is 10.7. The third kappa shape index (κ3) is 37.6. The number of allylic oxidation sites excluding steroid dienone is 8. The van der Waals surface area contributed by atoms with Crippen LogP contribution in [0.15, 0.2) is 48.6 Å². The summed E-state index contributed by atoms with van der Waals surface area (Å²) in [4.78, 5) is 12.5. The number of unbranched alkanes of at least 4 members (excludes halogenated alkanes) is 25. The first-order valence-electron chi connectivity index (χ1n) is 23.5. The summed E-state index contributed by atoms with van der Waals surface area (Å²) in [6.07, 6.45) is 52.9. The van der Waals surface area contributed by atoms with Crippen LogP contribution in [0.2, 0.25) is 0 Å². The Kier molecular flexibility index (Phi) is 42.0. The van der Waals surface area contributed by atoms with Gasteiger partial charge in [-0.15, -0.1) is 0 Å². The summed E-state index contributed by atoms with van der Waals surface area (Å²) in [5.74, 6) is -0.605. The lowest BCUT2D eigenvalue weighted by Gasteiger charge is -2.27. The van der Waals surface area contributed by atoms with Crippen molar-refractivity contribution in [2.45, 2.75) is 250 Å². The monoisotopic (exact) mass is 774 g/mol. The number of carbonyl (C=O) groups is 1. The Labute approximate surface area is 340 Å². The maximum absolute atomic E-state index is 12.5. The van der Waals surface area contributed by atoms with Crippen LogP contribution in [0.5, 0.6) is 0 Å².